The summed E-state index contributed by atoms with van der Waals surface area (Å²) < 4.78 is 51.5. The van der Waals surface area contributed by atoms with Crippen LogP contribution in [0.5, 0.6) is 0 Å². The number of ether oxygens (including phenoxy) is 1. The van der Waals surface area contributed by atoms with Crippen LogP contribution in [0.25, 0.3) is 6.08 Å². The molecule has 1 aromatic heterocycles. The highest BCUT2D eigenvalue weighted by Crippen LogP contribution is 2.66. The standard InChI is InChI=1S/C11H16BrN2O14P3/c12-2-1-6-4-14(11(17)13-10(6)16)9-3-7(15)8(26-9)5-25-30(21,22)28-31(23,24)27-29(18,19)20/h1-2,4,7-9,15H,3,5H2,(H,21,22)(H,23,24)(H,13,16,17)(H2,18,19,20)/b2-1+/t7-,8+,9+/m0/s1. The molecule has 1 aliphatic rings. The average molecular weight is 573 g/mol. The van der Waals surface area contributed by atoms with Crippen LogP contribution in [-0.4, -0.2) is 53.0 Å². The maximum atomic E-state index is 12.0. The first-order chi connectivity index (χ1) is 14.1. The van der Waals surface area contributed by atoms with Gasteiger partial charge in [0.2, 0.25) is 0 Å². The number of nitrogens with zero attached hydrogens (tertiary/aromatic N) is 1. The normalized spacial score (nSPS) is 26.1. The van der Waals surface area contributed by atoms with Crippen molar-refractivity contribution in [3.05, 3.63) is 37.6 Å². The van der Waals surface area contributed by atoms with Crippen LogP contribution in [0.1, 0.15) is 18.2 Å². The quantitative estimate of drug-likeness (QED) is 0.211. The molecule has 6 N–H and O–H groups in total. The SMILES string of the molecule is O=c1[nH]c(=O)n([C@H]2C[C@H](O)[C@@H](COP(=O)(O)OP(=O)(O)OP(=O)(O)O)O2)cc1/C=C/Br. The molecule has 1 aromatic rings. The van der Waals surface area contributed by atoms with Crippen LogP contribution in [0.3, 0.4) is 0 Å². The molecule has 2 rings (SSSR count). The number of phosphoric acid groups is 3. The van der Waals surface area contributed by atoms with Crippen molar-refractivity contribution in [3.8, 4) is 0 Å². The fourth-order valence-electron chi connectivity index (χ4n) is 2.41. The molecule has 0 bridgehead atoms. The Balaban J connectivity index is 2.07. The van der Waals surface area contributed by atoms with Gasteiger partial charge in [-0.1, -0.05) is 15.9 Å². The van der Waals surface area contributed by atoms with E-state index in [9.17, 15) is 33.3 Å². The number of aromatic amines is 1. The molecule has 1 aliphatic heterocycles. The van der Waals surface area contributed by atoms with E-state index in [0.717, 1.165) is 10.8 Å². The number of H-pyrrole nitrogens is 1. The number of rotatable bonds is 9. The van der Waals surface area contributed by atoms with E-state index in [-0.39, 0.29) is 12.0 Å². The van der Waals surface area contributed by atoms with Gasteiger partial charge in [0, 0.05) is 12.6 Å². The van der Waals surface area contributed by atoms with Crippen molar-refractivity contribution < 1.29 is 56.3 Å². The third kappa shape index (κ3) is 7.94. The lowest BCUT2D eigenvalue weighted by Crippen LogP contribution is -2.33. The zero-order valence-corrected chi connectivity index (χ0v) is 19.2. The number of phosphoric ester groups is 1. The Kier molecular flexibility index (Phi) is 8.55. The first-order valence-corrected chi connectivity index (χ1v) is 13.3. The minimum atomic E-state index is -5.69. The fourth-order valence-corrected chi connectivity index (χ4v) is 5.72. The van der Waals surface area contributed by atoms with Crippen LogP contribution < -0.4 is 11.2 Å². The van der Waals surface area contributed by atoms with Crippen molar-refractivity contribution in [2.24, 2.45) is 0 Å². The molecule has 2 unspecified atom stereocenters. The van der Waals surface area contributed by atoms with E-state index in [4.69, 9.17) is 19.4 Å². The second-order valence-electron chi connectivity index (χ2n) is 5.86. The number of aliphatic hydroxyl groups excluding tert-OH is 1. The summed E-state index contributed by atoms with van der Waals surface area (Å²) >= 11 is 2.98. The average Bonchev–Trinajstić information content (AvgIpc) is 2.93. The van der Waals surface area contributed by atoms with E-state index >= 15 is 0 Å². The van der Waals surface area contributed by atoms with Crippen molar-refractivity contribution in [2.45, 2.75) is 24.9 Å². The monoisotopic (exact) mass is 572 g/mol. The first-order valence-electron chi connectivity index (χ1n) is 7.86. The van der Waals surface area contributed by atoms with Crippen LogP contribution >= 0.6 is 39.4 Å². The van der Waals surface area contributed by atoms with E-state index in [1.807, 2.05) is 4.98 Å². The van der Waals surface area contributed by atoms with Gasteiger partial charge in [0.1, 0.15) is 12.3 Å². The van der Waals surface area contributed by atoms with Crippen LogP contribution in [0, 0.1) is 0 Å². The summed E-state index contributed by atoms with van der Waals surface area (Å²) in [6.07, 6.45) is -1.49. The van der Waals surface area contributed by atoms with Crippen molar-refractivity contribution >= 4 is 45.5 Å². The van der Waals surface area contributed by atoms with E-state index < -0.39 is 59.8 Å². The number of aliphatic hydroxyl groups is 1. The van der Waals surface area contributed by atoms with Crippen LogP contribution in [0.15, 0.2) is 20.8 Å². The fraction of sp³-hybridized carbons (Fsp3) is 0.455. The lowest BCUT2D eigenvalue weighted by atomic mass is 10.2. The highest BCUT2D eigenvalue weighted by Gasteiger charge is 2.42. The Labute approximate surface area is 180 Å². The number of halogens is 1. The summed E-state index contributed by atoms with van der Waals surface area (Å²) in [5.41, 5.74) is -1.46. The summed E-state index contributed by atoms with van der Waals surface area (Å²) in [5.74, 6) is 0. The molecular formula is C11H16BrN2O14P3. The van der Waals surface area contributed by atoms with Crippen molar-refractivity contribution in [1.82, 2.24) is 9.55 Å². The van der Waals surface area contributed by atoms with E-state index in [1.54, 1.807) is 0 Å². The lowest BCUT2D eigenvalue weighted by Gasteiger charge is -2.19. The molecule has 16 nitrogen and oxygen atoms in total. The van der Waals surface area contributed by atoms with Gasteiger partial charge in [-0.05, 0) is 11.1 Å². The zero-order valence-electron chi connectivity index (χ0n) is 15.0. The number of hydrogen-bond acceptors (Lipinski definition) is 10. The van der Waals surface area contributed by atoms with Crippen molar-refractivity contribution in [1.29, 1.82) is 0 Å². The molecule has 2 heterocycles. The molecule has 1 fully saturated rings. The minimum Gasteiger partial charge on any atom is -0.390 e. The van der Waals surface area contributed by atoms with E-state index in [1.165, 1.54) is 11.1 Å². The van der Waals surface area contributed by atoms with Crippen molar-refractivity contribution in [2.75, 3.05) is 6.61 Å². The van der Waals surface area contributed by atoms with Gasteiger partial charge in [0.15, 0.2) is 0 Å². The van der Waals surface area contributed by atoms with Gasteiger partial charge in [-0.2, -0.15) is 8.62 Å². The molecule has 176 valence electrons. The van der Waals surface area contributed by atoms with Gasteiger partial charge in [0.25, 0.3) is 5.56 Å². The van der Waals surface area contributed by atoms with Gasteiger partial charge in [-0.3, -0.25) is 18.9 Å². The molecule has 31 heavy (non-hydrogen) atoms. The molecule has 0 aromatic carbocycles. The van der Waals surface area contributed by atoms with Gasteiger partial charge < -0.3 is 29.4 Å². The molecule has 5 atom stereocenters. The Morgan fingerprint density at radius 2 is 1.84 bits per heavy atom. The van der Waals surface area contributed by atoms with Crippen LogP contribution in [0.2, 0.25) is 0 Å². The summed E-state index contributed by atoms with van der Waals surface area (Å²) in [6.45, 7) is -0.895. The van der Waals surface area contributed by atoms with Crippen molar-refractivity contribution in [3.63, 3.8) is 0 Å². The molecule has 0 spiro atoms. The summed E-state index contributed by atoms with van der Waals surface area (Å²) in [4.78, 5) is 62.6. The summed E-state index contributed by atoms with van der Waals surface area (Å²) in [5, 5.41) is 10.1. The molecule has 0 saturated carbocycles. The first kappa shape index (κ1) is 26.5. The Morgan fingerprint density at radius 3 is 2.42 bits per heavy atom. The van der Waals surface area contributed by atoms with Crippen LogP contribution in [0.4, 0.5) is 0 Å². The van der Waals surface area contributed by atoms with Gasteiger partial charge in [-0.25, -0.2) is 18.5 Å². The number of aromatic nitrogens is 2. The Bertz CT molecular complexity index is 1090. The smallest absolute Gasteiger partial charge is 0.390 e. The highest BCUT2D eigenvalue weighted by atomic mass is 79.9. The van der Waals surface area contributed by atoms with Crippen LogP contribution in [-0.2, 0) is 31.6 Å². The Hall–Kier alpha value is -0.770. The topological polar surface area (TPSA) is 244 Å². The second-order valence-corrected chi connectivity index (χ2v) is 10.8. The summed E-state index contributed by atoms with van der Waals surface area (Å²) in [7, 11) is -16.6. The Morgan fingerprint density at radius 1 is 1.19 bits per heavy atom. The molecule has 1 saturated heterocycles. The predicted molar refractivity (Wildman–Crippen MR) is 104 cm³/mol. The molecule has 0 amide bonds. The number of hydrogen-bond donors (Lipinski definition) is 6. The molecular weight excluding hydrogens is 557 g/mol. The minimum absolute atomic E-state index is 0.0753. The van der Waals surface area contributed by atoms with Gasteiger partial charge in [0.05, 0.1) is 18.3 Å². The predicted octanol–water partition coefficient (Wildman–Crippen LogP) is -0.106. The zero-order chi connectivity index (χ0) is 23.6. The highest BCUT2D eigenvalue weighted by molar-refractivity contribution is 9.11. The second kappa shape index (κ2) is 10.0. The van der Waals surface area contributed by atoms with E-state index in [0.29, 0.717) is 0 Å². The maximum absolute atomic E-state index is 12.0. The molecule has 0 aliphatic carbocycles. The summed E-state index contributed by atoms with van der Waals surface area (Å²) in [6, 6.07) is 0. The van der Waals surface area contributed by atoms with Gasteiger partial charge in [-0.15, -0.1) is 0 Å². The van der Waals surface area contributed by atoms with Gasteiger partial charge >= 0.3 is 29.2 Å². The van der Waals surface area contributed by atoms with E-state index in [2.05, 4.69) is 29.1 Å². The third-order valence-electron chi connectivity index (χ3n) is 3.57. The lowest BCUT2D eigenvalue weighted by molar-refractivity contribution is -0.0450. The molecule has 20 heteroatoms. The largest absolute Gasteiger partial charge is 0.490 e. The molecule has 0 radical (unpaired) electrons. The third-order valence-corrected chi connectivity index (χ3v) is 7.64. The number of nitrogens with one attached hydrogen (secondary N) is 1. The maximum Gasteiger partial charge on any atom is 0.490 e.